The molecule has 0 saturated carbocycles. The predicted molar refractivity (Wildman–Crippen MR) is 71.1 cm³/mol. The van der Waals surface area contributed by atoms with E-state index in [0.717, 1.165) is 0 Å². The van der Waals surface area contributed by atoms with Crippen LogP contribution in [0.25, 0.3) is 6.08 Å². The predicted octanol–water partition coefficient (Wildman–Crippen LogP) is 2.79. The summed E-state index contributed by atoms with van der Waals surface area (Å²) in [6, 6.07) is 7.36. The van der Waals surface area contributed by atoms with Crippen LogP contribution in [-0.4, -0.2) is 16.0 Å². The van der Waals surface area contributed by atoms with E-state index >= 15 is 0 Å². The van der Waals surface area contributed by atoms with Gasteiger partial charge < -0.3 is 14.6 Å². The second-order valence-corrected chi connectivity index (χ2v) is 4.14. The summed E-state index contributed by atoms with van der Waals surface area (Å²) in [5.74, 6) is -0.600. The van der Waals surface area contributed by atoms with Gasteiger partial charge >= 0.3 is 0 Å². The average Bonchev–Trinajstić information content (AvgIpc) is 2.85. The summed E-state index contributed by atoms with van der Waals surface area (Å²) in [5.41, 5.74) is 0.673. The number of aryl methyl sites for hydroxylation is 1. The fourth-order valence-corrected chi connectivity index (χ4v) is 1.71. The normalized spacial score (nSPS) is 11.1. The zero-order chi connectivity index (χ0) is 14.7. The summed E-state index contributed by atoms with van der Waals surface area (Å²) < 4.78 is 5.03. The van der Waals surface area contributed by atoms with E-state index < -0.39 is 5.78 Å². The lowest BCUT2D eigenvalue weighted by Crippen LogP contribution is -2.02. The minimum atomic E-state index is -0.452. The molecule has 100 valence electrons. The molecule has 2 rings (SSSR count). The minimum Gasteiger partial charge on any atom is -0.504 e. The van der Waals surface area contributed by atoms with Crippen LogP contribution in [-0.2, 0) is 0 Å². The SMILES string of the molecule is Cc1occc1C(=O)/C(C#N)=C/c1ccc(O)c(O)c1. The quantitative estimate of drug-likeness (QED) is 0.386. The topological polar surface area (TPSA) is 94.5 Å². The molecule has 1 heterocycles. The van der Waals surface area contributed by atoms with Crippen molar-refractivity contribution in [1.82, 2.24) is 0 Å². The Hall–Kier alpha value is -3.00. The van der Waals surface area contributed by atoms with Gasteiger partial charge in [-0.2, -0.15) is 5.26 Å². The Morgan fingerprint density at radius 2 is 2.05 bits per heavy atom. The fraction of sp³-hybridized carbons (Fsp3) is 0.0667. The van der Waals surface area contributed by atoms with Gasteiger partial charge in [-0.05, 0) is 36.8 Å². The van der Waals surface area contributed by atoms with Crippen molar-refractivity contribution in [3.05, 3.63) is 53.0 Å². The maximum absolute atomic E-state index is 12.2. The van der Waals surface area contributed by atoms with E-state index in [1.165, 1.54) is 36.6 Å². The molecule has 2 aromatic rings. The van der Waals surface area contributed by atoms with Gasteiger partial charge in [0.05, 0.1) is 11.8 Å². The summed E-state index contributed by atoms with van der Waals surface area (Å²) in [5, 5.41) is 27.7. The lowest BCUT2D eigenvalue weighted by molar-refractivity contribution is 0.103. The number of Topliss-reactive ketones (excluding diaryl/α,β-unsaturated/α-hetero) is 1. The molecule has 0 amide bonds. The molecule has 0 aliphatic rings. The standard InChI is InChI=1S/C15H11NO4/c1-9-12(4-5-20-9)15(19)11(8-16)6-10-2-3-13(17)14(18)7-10/h2-7,17-18H,1H3/b11-6+. The number of carbonyl (C=O) groups is 1. The minimum absolute atomic E-state index is 0.0837. The first-order chi connectivity index (χ1) is 9.52. The highest BCUT2D eigenvalue weighted by Gasteiger charge is 2.16. The van der Waals surface area contributed by atoms with Crippen LogP contribution in [0, 0.1) is 18.3 Å². The Morgan fingerprint density at radius 3 is 2.60 bits per heavy atom. The third-order valence-electron chi connectivity index (χ3n) is 2.78. The summed E-state index contributed by atoms with van der Waals surface area (Å²) in [6.45, 7) is 1.63. The molecule has 0 bridgehead atoms. The fourth-order valence-electron chi connectivity index (χ4n) is 1.71. The molecule has 0 unspecified atom stereocenters. The molecule has 0 aliphatic heterocycles. The molecule has 1 aromatic heterocycles. The number of aromatic hydroxyl groups is 2. The van der Waals surface area contributed by atoms with Gasteiger partial charge in [0.15, 0.2) is 11.5 Å². The Kier molecular flexibility index (Phi) is 3.58. The van der Waals surface area contributed by atoms with Crippen LogP contribution in [0.15, 0.2) is 40.5 Å². The first kappa shape index (κ1) is 13.4. The molecule has 0 atom stereocenters. The number of hydrogen-bond donors (Lipinski definition) is 2. The number of phenols is 2. The summed E-state index contributed by atoms with van der Waals surface area (Å²) >= 11 is 0. The third-order valence-corrected chi connectivity index (χ3v) is 2.78. The first-order valence-corrected chi connectivity index (χ1v) is 5.75. The van der Waals surface area contributed by atoms with E-state index in [2.05, 4.69) is 0 Å². The molecule has 0 spiro atoms. The van der Waals surface area contributed by atoms with Crippen LogP contribution in [0.4, 0.5) is 0 Å². The van der Waals surface area contributed by atoms with Gasteiger partial charge in [-0.15, -0.1) is 0 Å². The summed E-state index contributed by atoms with van der Waals surface area (Å²) in [7, 11) is 0. The number of rotatable bonds is 3. The van der Waals surface area contributed by atoms with Crippen molar-refractivity contribution in [2.24, 2.45) is 0 Å². The van der Waals surface area contributed by atoms with E-state index in [4.69, 9.17) is 9.68 Å². The molecular weight excluding hydrogens is 258 g/mol. The molecule has 0 radical (unpaired) electrons. The van der Waals surface area contributed by atoms with Crippen LogP contribution in [0.3, 0.4) is 0 Å². The van der Waals surface area contributed by atoms with Gasteiger partial charge in [0.25, 0.3) is 0 Å². The third kappa shape index (κ3) is 2.54. The van der Waals surface area contributed by atoms with Gasteiger partial charge in [0, 0.05) is 0 Å². The first-order valence-electron chi connectivity index (χ1n) is 5.75. The summed E-state index contributed by atoms with van der Waals surface area (Å²) in [4.78, 5) is 12.2. The molecule has 2 N–H and O–H groups in total. The number of hydrogen-bond acceptors (Lipinski definition) is 5. The largest absolute Gasteiger partial charge is 0.504 e. The monoisotopic (exact) mass is 269 g/mol. The molecule has 0 fully saturated rings. The van der Waals surface area contributed by atoms with Crippen LogP contribution in [0.5, 0.6) is 11.5 Å². The molecule has 0 aliphatic carbocycles. The van der Waals surface area contributed by atoms with Crippen molar-refractivity contribution in [3.8, 4) is 17.6 Å². The number of allylic oxidation sites excluding steroid dienone is 1. The highest BCUT2D eigenvalue weighted by molar-refractivity contribution is 6.14. The Labute approximate surface area is 115 Å². The number of ketones is 1. The van der Waals surface area contributed by atoms with Crippen LogP contribution in [0.1, 0.15) is 21.7 Å². The van der Waals surface area contributed by atoms with Gasteiger partial charge in [-0.25, -0.2) is 0 Å². The van der Waals surface area contributed by atoms with E-state index in [1.54, 1.807) is 6.92 Å². The van der Waals surface area contributed by atoms with Crippen molar-refractivity contribution in [1.29, 1.82) is 5.26 Å². The van der Waals surface area contributed by atoms with Crippen molar-refractivity contribution >= 4 is 11.9 Å². The molecule has 0 saturated heterocycles. The van der Waals surface area contributed by atoms with Gasteiger partial charge in [0.2, 0.25) is 5.78 Å². The highest BCUT2D eigenvalue weighted by Crippen LogP contribution is 2.26. The number of nitriles is 1. The van der Waals surface area contributed by atoms with Crippen molar-refractivity contribution in [2.45, 2.75) is 6.92 Å². The number of nitrogens with zero attached hydrogens (tertiary/aromatic N) is 1. The molecule has 5 nitrogen and oxygen atoms in total. The second kappa shape index (κ2) is 5.33. The Balaban J connectivity index is 2.40. The zero-order valence-electron chi connectivity index (χ0n) is 10.6. The second-order valence-electron chi connectivity index (χ2n) is 4.14. The van der Waals surface area contributed by atoms with E-state index in [1.807, 2.05) is 6.07 Å². The highest BCUT2D eigenvalue weighted by atomic mass is 16.3. The van der Waals surface area contributed by atoms with Gasteiger partial charge in [-0.1, -0.05) is 6.07 Å². The maximum Gasteiger partial charge on any atom is 0.207 e. The summed E-state index contributed by atoms with van der Waals surface area (Å²) in [6.07, 6.45) is 2.72. The number of furan rings is 1. The van der Waals surface area contributed by atoms with Crippen LogP contribution >= 0.6 is 0 Å². The molecular formula is C15H11NO4. The van der Waals surface area contributed by atoms with E-state index in [-0.39, 0.29) is 17.1 Å². The average molecular weight is 269 g/mol. The number of benzene rings is 1. The van der Waals surface area contributed by atoms with Crippen LogP contribution in [0.2, 0.25) is 0 Å². The Morgan fingerprint density at radius 1 is 1.30 bits per heavy atom. The lowest BCUT2D eigenvalue weighted by atomic mass is 10.0. The molecule has 1 aromatic carbocycles. The zero-order valence-corrected chi connectivity index (χ0v) is 10.6. The smallest absolute Gasteiger partial charge is 0.207 e. The number of carbonyl (C=O) groups excluding carboxylic acids is 1. The van der Waals surface area contributed by atoms with Gasteiger partial charge in [0.1, 0.15) is 17.4 Å². The van der Waals surface area contributed by atoms with E-state index in [9.17, 15) is 15.0 Å². The van der Waals surface area contributed by atoms with Crippen molar-refractivity contribution < 1.29 is 19.4 Å². The molecule has 5 heteroatoms. The van der Waals surface area contributed by atoms with Gasteiger partial charge in [-0.3, -0.25) is 4.79 Å². The lowest BCUT2D eigenvalue weighted by Gasteiger charge is -2.00. The maximum atomic E-state index is 12.2. The Bertz CT molecular complexity index is 735. The van der Waals surface area contributed by atoms with Crippen molar-refractivity contribution in [2.75, 3.05) is 0 Å². The van der Waals surface area contributed by atoms with Crippen molar-refractivity contribution in [3.63, 3.8) is 0 Å². The molecule has 20 heavy (non-hydrogen) atoms. The number of phenolic OH excluding ortho intramolecular Hbond substituents is 2. The van der Waals surface area contributed by atoms with Crippen LogP contribution < -0.4 is 0 Å². The van der Waals surface area contributed by atoms with E-state index in [0.29, 0.717) is 16.9 Å².